The Morgan fingerprint density at radius 1 is 1.06 bits per heavy atom. The van der Waals surface area contributed by atoms with Gasteiger partial charge in [-0.1, -0.05) is 58.0 Å². The summed E-state index contributed by atoms with van der Waals surface area (Å²) in [5.41, 5.74) is 7.74. The molecule has 0 aliphatic carbocycles. The Hall–Kier alpha value is -2.91. The summed E-state index contributed by atoms with van der Waals surface area (Å²) < 4.78 is 14.8. The molecule has 0 saturated carbocycles. The van der Waals surface area contributed by atoms with Crippen molar-refractivity contribution in [1.82, 2.24) is 0 Å². The molecular formula is C32H40NO2+. The molecule has 0 saturated heterocycles. The van der Waals surface area contributed by atoms with Crippen molar-refractivity contribution in [3.8, 4) is 11.3 Å². The monoisotopic (exact) mass is 470 g/mol. The number of allylic oxidation sites excluding steroid dienone is 2. The first-order valence-corrected chi connectivity index (χ1v) is 12.8. The standard InChI is InChI=1S/C32H40NO2/c1-9-27-26(19-35-31(21(4)5)18-30(34-8)20(2)3)32-23(7)16-22(6)17-25(32)29-15-14-24-12-10-11-13-28(24)33(27)29/h9-18,20-21,26-27,31H,1,19H2,2-8H3/q+1/b30-18-. The fourth-order valence-corrected chi connectivity index (χ4v) is 5.56. The Labute approximate surface area is 211 Å². The van der Waals surface area contributed by atoms with E-state index in [4.69, 9.17) is 9.47 Å². The summed E-state index contributed by atoms with van der Waals surface area (Å²) in [6, 6.07) is 17.8. The van der Waals surface area contributed by atoms with E-state index in [-0.39, 0.29) is 18.1 Å². The predicted octanol–water partition coefficient (Wildman–Crippen LogP) is 7.46. The molecule has 3 atom stereocenters. The summed E-state index contributed by atoms with van der Waals surface area (Å²) >= 11 is 0. The van der Waals surface area contributed by atoms with E-state index in [9.17, 15) is 0 Å². The van der Waals surface area contributed by atoms with Crippen LogP contribution in [-0.4, -0.2) is 19.8 Å². The number of ether oxygens (including phenoxy) is 2. The minimum Gasteiger partial charge on any atom is -0.501 e. The van der Waals surface area contributed by atoms with Crippen LogP contribution in [0.4, 0.5) is 0 Å². The molecule has 0 amide bonds. The van der Waals surface area contributed by atoms with Crippen LogP contribution in [0.5, 0.6) is 0 Å². The number of rotatable bonds is 8. The molecule has 3 heteroatoms. The second-order valence-corrected chi connectivity index (χ2v) is 10.5. The maximum absolute atomic E-state index is 6.71. The summed E-state index contributed by atoms with van der Waals surface area (Å²) in [6.45, 7) is 18.1. The third-order valence-electron chi connectivity index (χ3n) is 7.26. The number of methoxy groups -OCH3 is 1. The smallest absolute Gasteiger partial charge is 0.213 e. The van der Waals surface area contributed by atoms with Crippen LogP contribution in [0, 0.1) is 25.7 Å². The van der Waals surface area contributed by atoms with Crippen molar-refractivity contribution in [3.05, 3.63) is 89.7 Å². The molecule has 0 fully saturated rings. The highest BCUT2D eigenvalue weighted by atomic mass is 16.5. The zero-order valence-corrected chi connectivity index (χ0v) is 22.3. The Kier molecular flexibility index (Phi) is 7.47. The lowest BCUT2D eigenvalue weighted by Crippen LogP contribution is -2.48. The van der Waals surface area contributed by atoms with Crippen molar-refractivity contribution in [2.24, 2.45) is 11.8 Å². The van der Waals surface area contributed by atoms with Gasteiger partial charge in [0.15, 0.2) is 6.04 Å². The van der Waals surface area contributed by atoms with Gasteiger partial charge >= 0.3 is 0 Å². The lowest BCUT2D eigenvalue weighted by Gasteiger charge is -2.32. The molecule has 4 rings (SSSR count). The minimum atomic E-state index is -0.0223. The molecule has 0 bridgehead atoms. The molecule has 1 aromatic heterocycles. The Morgan fingerprint density at radius 2 is 1.80 bits per heavy atom. The molecule has 0 radical (unpaired) electrons. The maximum atomic E-state index is 6.71. The molecule has 184 valence electrons. The fourth-order valence-electron chi connectivity index (χ4n) is 5.56. The van der Waals surface area contributed by atoms with E-state index in [1.165, 1.54) is 38.9 Å². The molecule has 2 heterocycles. The number of nitrogens with zero attached hydrogens (tertiary/aromatic N) is 1. The third-order valence-corrected chi connectivity index (χ3v) is 7.26. The molecular weight excluding hydrogens is 430 g/mol. The molecule has 0 spiro atoms. The van der Waals surface area contributed by atoms with Crippen molar-refractivity contribution < 1.29 is 14.0 Å². The molecule has 2 aromatic carbocycles. The van der Waals surface area contributed by atoms with E-state index < -0.39 is 0 Å². The van der Waals surface area contributed by atoms with Crippen molar-refractivity contribution in [3.63, 3.8) is 0 Å². The van der Waals surface area contributed by atoms with Gasteiger partial charge in [0.05, 0.1) is 37.1 Å². The van der Waals surface area contributed by atoms with Gasteiger partial charge in [-0.15, -0.1) is 0 Å². The minimum absolute atomic E-state index is 0.0223. The maximum Gasteiger partial charge on any atom is 0.213 e. The van der Waals surface area contributed by atoms with E-state index in [0.717, 1.165) is 5.76 Å². The van der Waals surface area contributed by atoms with Gasteiger partial charge < -0.3 is 9.47 Å². The summed E-state index contributed by atoms with van der Waals surface area (Å²) in [5.74, 6) is 1.79. The molecule has 3 aromatic rings. The lowest BCUT2D eigenvalue weighted by atomic mass is 9.79. The normalized spacial score (nSPS) is 18.5. The molecule has 35 heavy (non-hydrogen) atoms. The number of pyridine rings is 1. The number of hydrogen-bond acceptors (Lipinski definition) is 2. The van der Waals surface area contributed by atoms with Crippen molar-refractivity contribution >= 4 is 10.9 Å². The quantitative estimate of drug-likeness (QED) is 0.194. The summed E-state index contributed by atoms with van der Waals surface area (Å²) in [5, 5.41) is 1.24. The van der Waals surface area contributed by atoms with Crippen molar-refractivity contribution in [1.29, 1.82) is 0 Å². The van der Waals surface area contributed by atoms with Crippen LogP contribution in [0.25, 0.3) is 22.2 Å². The first kappa shape index (κ1) is 25.2. The summed E-state index contributed by atoms with van der Waals surface area (Å²) in [4.78, 5) is 0. The van der Waals surface area contributed by atoms with Gasteiger partial charge in [-0.3, -0.25) is 0 Å². The van der Waals surface area contributed by atoms with Crippen molar-refractivity contribution in [2.45, 2.75) is 59.6 Å². The Bertz CT molecular complexity index is 1250. The molecule has 1 aliphatic heterocycles. The second kappa shape index (κ2) is 10.4. The van der Waals surface area contributed by atoms with Crippen LogP contribution in [0.2, 0.25) is 0 Å². The fraction of sp³-hybridized carbons (Fsp3) is 0.406. The van der Waals surface area contributed by atoms with Crippen LogP contribution in [0.3, 0.4) is 0 Å². The highest BCUT2D eigenvalue weighted by molar-refractivity contribution is 5.79. The van der Waals surface area contributed by atoms with Crippen LogP contribution in [-0.2, 0) is 9.47 Å². The largest absolute Gasteiger partial charge is 0.501 e. The Balaban J connectivity index is 1.84. The average molecular weight is 471 g/mol. The molecule has 3 nitrogen and oxygen atoms in total. The Morgan fingerprint density at radius 3 is 2.46 bits per heavy atom. The zero-order chi connectivity index (χ0) is 25.3. The van der Waals surface area contributed by atoms with Gasteiger partial charge in [-0.2, -0.15) is 4.57 Å². The zero-order valence-electron chi connectivity index (χ0n) is 22.3. The van der Waals surface area contributed by atoms with Gasteiger partial charge in [-0.05, 0) is 61.2 Å². The first-order chi connectivity index (χ1) is 16.8. The summed E-state index contributed by atoms with van der Waals surface area (Å²) in [7, 11) is 1.75. The highest BCUT2D eigenvalue weighted by Crippen LogP contribution is 2.42. The van der Waals surface area contributed by atoms with E-state index in [2.05, 4.69) is 113 Å². The second-order valence-electron chi connectivity index (χ2n) is 10.5. The predicted molar refractivity (Wildman–Crippen MR) is 146 cm³/mol. The number of aryl methyl sites for hydroxylation is 2. The van der Waals surface area contributed by atoms with E-state index >= 15 is 0 Å². The summed E-state index contributed by atoms with van der Waals surface area (Å²) in [6.07, 6.45) is 4.24. The van der Waals surface area contributed by atoms with Gasteiger partial charge in [-0.25, -0.2) is 0 Å². The first-order valence-electron chi connectivity index (χ1n) is 12.8. The van der Waals surface area contributed by atoms with Gasteiger partial charge in [0.2, 0.25) is 11.2 Å². The molecule has 3 unspecified atom stereocenters. The van der Waals surface area contributed by atoms with E-state index in [1.807, 2.05) is 0 Å². The lowest BCUT2D eigenvalue weighted by molar-refractivity contribution is -0.682. The topological polar surface area (TPSA) is 22.3 Å². The van der Waals surface area contributed by atoms with Crippen LogP contribution >= 0.6 is 0 Å². The average Bonchev–Trinajstić information content (AvgIpc) is 2.82. The van der Waals surface area contributed by atoms with Crippen LogP contribution < -0.4 is 4.57 Å². The molecule has 1 aliphatic rings. The van der Waals surface area contributed by atoms with Crippen molar-refractivity contribution in [2.75, 3.05) is 13.7 Å². The van der Waals surface area contributed by atoms with Gasteiger partial charge in [0.1, 0.15) is 0 Å². The number of para-hydroxylation sites is 1. The van der Waals surface area contributed by atoms with Crippen LogP contribution in [0.1, 0.15) is 56.3 Å². The van der Waals surface area contributed by atoms with Gasteiger partial charge in [0, 0.05) is 23.4 Å². The van der Waals surface area contributed by atoms with Crippen LogP contribution in [0.15, 0.2) is 73.0 Å². The number of aromatic nitrogens is 1. The van der Waals surface area contributed by atoms with E-state index in [1.54, 1.807) is 7.11 Å². The number of hydrogen-bond donors (Lipinski definition) is 0. The van der Waals surface area contributed by atoms with Gasteiger partial charge in [0.25, 0.3) is 0 Å². The third kappa shape index (κ3) is 4.79. The number of benzene rings is 2. The SMILES string of the molecule is C=CC1C(COC(/C=C(\OC)C(C)C)C(C)C)c2c(C)cc(C)cc2-c2ccc3ccccc3[n+]21. The highest BCUT2D eigenvalue weighted by Gasteiger charge is 2.41. The number of fused-ring (bicyclic) bond motifs is 5. The van der Waals surface area contributed by atoms with E-state index in [0.29, 0.717) is 18.4 Å². The molecule has 0 N–H and O–H groups in total.